The quantitative estimate of drug-likeness (QED) is 0.933. The van der Waals surface area contributed by atoms with Gasteiger partial charge in [0.15, 0.2) is 5.82 Å². The van der Waals surface area contributed by atoms with Crippen LogP contribution in [0.2, 0.25) is 0 Å². The van der Waals surface area contributed by atoms with Crippen molar-refractivity contribution in [3.63, 3.8) is 0 Å². The molecule has 1 fully saturated rings. The van der Waals surface area contributed by atoms with Crippen molar-refractivity contribution in [3.8, 4) is 0 Å². The maximum absolute atomic E-state index is 4.55. The van der Waals surface area contributed by atoms with Crippen LogP contribution in [0.3, 0.4) is 0 Å². The van der Waals surface area contributed by atoms with Crippen LogP contribution in [-0.2, 0) is 0 Å². The van der Waals surface area contributed by atoms with Gasteiger partial charge in [-0.2, -0.15) is 10.1 Å². The van der Waals surface area contributed by atoms with Gasteiger partial charge in [-0.05, 0) is 37.5 Å². The third-order valence-electron chi connectivity index (χ3n) is 3.28. The second-order valence-corrected chi connectivity index (χ2v) is 5.74. The molecular weight excluding hydrogens is 318 g/mol. The summed E-state index contributed by atoms with van der Waals surface area (Å²) in [6.45, 7) is 2.03. The monoisotopic (exact) mass is 333 g/mol. The van der Waals surface area contributed by atoms with E-state index in [4.69, 9.17) is 0 Å². The van der Waals surface area contributed by atoms with Crippen molar-refractivity contribution in [3.05, 3.63) is 34.9 Å². The molecule has 1 N–H and O–H groups in total. The number of hydrogen-bond acceptors (Lipinski definition) is 5. The van der Waals surface area contributed by atoms with Crippen LogP contribution in [-0.4, -0.2) is 28.3 Å². The molecule has 0 unspecified atom stereocenters. The number of rotatable bonds is 3. The van der Waals surface area contributed by atoms with Gasteiger partial charge >= 0.3 is 0 Å². The first-order valence-electron chi connectivity index (χ1n) is 6.78. The Bertz CT molecular complexity index is 583. The predicted molar refractivity (Wildman–Crippen MR) is 83.3 cm³/mol. The molecule has 0 atom stereocenters. The average molecular weight is 334 g/mol. The van der Waals surface area contributed by atoms with E-state index in [1.807, 2.05) is 24.3 Å². The minimum absolute atomic E-state index is 0.713. The first kappa shape index (κ1) is 13.3. The molecule has 104 valence electrons. The van der Waals surface area contributed by atoms with Crippen molar-refractivity contribution >= 4 is 33.4 Å². The number of halogens is 1. The standard InChI is InChI=1S/C14H16BrN5/c15-11-5-4-6-12(9-11)17-13-10-16-19-14(18-13)20-7-2-1-3-8-20/h4-6,9-10H,1-3,7-8H2,(H,17,18,19). The van der Waals surface area contributed by atoms with Crippen molar-refractivity contribution < 1.29 is 0 Å². The molecule has 1 aliphatic rings. The van der Waals surface area contributed by atoms with Gasteiger partial charge in [0.2, 0.25) is 5.95 Å². The van der Waals surface area contributed by atoms with Crippen LogP contribution in [0, 0.1) is 0 Å². The average Bonchev–Trinajstić information content (AvgIpc) is 2.48. The molecule has 0 aliphatic carbocycles. The van der Waals surface area contributed by atoms with E-state index in [2.05, 4.69) is 41.3 Å². The summed E-state index contributed by atoms with van der Waals surface area (Å²) in [5, 5.41) is 11.4. The molecular formula is C14H16BrN5. The Hall–Kier alpha value is -1.69. The Labute approximate surface area is 126 Å². The first-order chi connectivity index (χ1) is 9.81. The summed E-state index contributed by atoms with van der Waals surface area (Å²) in [6.07, 6.45) is 5.34. The molecule has 1 aliphatic heterocycles. The highest BCUT2D eigenvalue weighted by Gasteiger charge is 2.14. The smallest absolute Gasteiger partial charge is 0.247 e. The molecule has 1 saturated heterocycles. The molecule has 3 rings (SSSR count). The first-order valence-corrected chi connectivity index (χ1v) is 7.58. The summed E-state index contributed by atoms with van der Waals surface area (Å²) >= 11 is 3.46. The van der Waals surface area contributed by atoms with Gasteiger partial charge in [0.25, 0.3) is 0 Å². The van der Waals surface area contributed by atoms with Crippen LogP contribution in [0.5, 0.6) is 0 Å². The lowest BCUT2D eigenvalue weighted by atomic mass is 10.1. The van der Waals surface area contributed by atoms with E-state index < -0.39 is 0 Å². The van der Waals surface area contributed by atoms with Crippen molar-refractivity contribution in [1.29, 1.82) is 0 Å². The normalized spacial score (nSPS) is 15.2. The number of anilines is 3. The van der Waals surface area contributed by atoms with Gasteiger partial charge in [0, 0.05) is 23.2 Å². The van der Waals surface area contributed by atoms with Gasteiger partial charge in [-0.15, -0.1) is 5.10 Å². The second kappa shape index (κ2) is 6.17. The van der Waals surface area contributed by atoms with E-state index in [0.717, 1.165) is 29.1 Å². The fourth-order valence-electron chi connectivity index (χ4n) is 2.30. The minimum atomic E-state index is 0.713. The summed E-state index contributed by atoms with van der Waals surface area (Å²) in [7, 11) is 0. The third-order valence-corrected chi connectivity index (χ3v) is 3.78. The Kier molecular flexibility index (Phi) is 4.11. The molecule has 2 heterocycles. The molecule has 20 heavy (non-hydrogen) atoms. The Balaban J connectivity index is 1.77. The maximum atomic E-state index is 4.55. The number of aromatic nitrogens is 3. The zero-order valence-electron chi connectivity index (χ0n) is 11.1. The summed E-state index contributed by atoms with van der Waals surface area (Å²) in [5.41, 5.74) is 0.976. The SMILES string of the molecule is Brc1cccc(Nc2cnnc(N3CCCCC3)n2)c1. The van der Waals surface area contributed by atoms with E-state index in [0.29, 0.717) is 5.95 Å². The van der Waals surface area contributed by atoms with Gasteiger partial charge < -0.3 is 10.2 Å². The molecule has 2 aromatic rings. The summed E-state index contributed by atoms with van der Waals surface area (Å²) in [5.74, 6) is 1.43. The summed E-state index contributed by atoms with van der Waals surface area (Å²) in [4.78, 5) is 6.74. The Morgan fingerprint density at radius 2 is 2.00 bits per heavy atom. The van der Waals surface area contributed by atoms with Gasteiger partial charge in [-0.25, -0.2) is 0 Å². The van der Waals surface area contributed by atoms with Crippen LogP contribution in [0.1, 0.15) is 19.3 Å². The van der Waals surface area contributed by atoms with Crippen LogP contribution in [0.25, 0.3) is 0 Å². The lowest BCUT2D eigenvalue weighted by Gasteiger charge is -2.26. The largest absolute Gasteiger partial charge is 0.339 e. The highest BCUT2D eigenvalue weighted by molar-refractivity contribution is 9.10. The van der Waals surface area contributed by atoms with Gasteiger partial charge in [-0.1, -0.05) is 22.0 Å². The van der Waals surface area contributed by atoms with Crippen LogP contribution >= 0.6 is 15.9 Å². The van der Waals surface area contributed by atoms with Crippen molar-refractivity contribution in [2.24, 2.45) is 0 Å². The van der Waals surface area contributed by atoms with E-state index in [-0.39, 0.29) is 0 Å². The predicted octanol–water partition coefficient (Wildman–Crippen LogP) is 3.37. The Morgan fingerprint density at radius 3 is 2.80 bits per heavy atom. The Morgan fingerprint density at radius 1 is 1.15 bits per heavy atom. The van der Waals surface area contributed by atoms with E-state index in [1.54, 1.807) is 6.20 Å². The fourth-order valence-corrected chi connectivity index (χ4v) is 2.70. The number of nitrogens with one attached hydrogen (secondary N) is 1. The van der Waals surface area contributed by atoms with Crippen LogP contribution in [0.15, 0.2) is 34.9 Å². The number of nitrogens with zero attached hydrogens (tertiary/aromatic N) is 4. The molecule has 0 bridgehead atoms. The number of benzene rings is 1. The number of hydrogen-bond donors (Lipinski definition) is 1. The van der Waals surface area contributed by atoms with Crippen LogP contribution in [0.4, 0.5) is 17.5 Å². The molecule has 5 nitrogen and oxygen atoms in total. The maximum Gasteiger partial charge on any atom is 0.247 e. The lowest BCUT2D eigenvalue weighted by Crippen LogP contribution is -2.31. The zero-order valence-corrected chi connectivity index (χ0v) is 12.7. The molecule has 1 aromatic heterocycles. The van der Waals surface area contributed by atoms with Crippen LogP contribution < -0.4 is 10.2 Å². The zero-order chi connectivity index (χ0) is 13.8. The van der Waals surface area contributed by atoms with E-state index >= 15 is 0 Å². The lowest BCUT2D eigenvalue weighted by molar-refractivity contribution is 0.565. The molecule has 0 spiro atoms. The molecule has 0 amide bonds. The fraction of sp³-hybridized carbons (Fsp3) is 0.357. The summed E-state index contributed by atoms with van der Waals surface area (Å²) < 4.78 is 1.03. The molecule has 1 aromatic carbocycles. The molecule has 6 heteroatoms. The molecule has 0 radical (unpaired) electrons. The highest BCUT2D eigenvalue weighted by Crippen LogP contribution is 2.20. The van der Waals surface area contributed by atoms with E-state index in [1.165, 1.54) is 19.3 Å². The van der Waals surface area contributed by atoms with Crippen molar-refractivity contribution in [1.82, 2.24) is 15.2 Å². The van der Waals surface area contributed by atoms with Gasteiger partial charge in [-0.3, -0.25) is 0 Å². The second-order valence-electron chi connectivity index (χ2n) is 4.82. The highest BCUT2D eigenvalue weighted by atomic mass is 79.9. The van der Waals surface area contributed by atoms with Crippen molar-refractivity contribution in [2.45, 2.75) is 19.3 Å². The number of piperidine rings is 1. The summed E-state index contributed by atoms with van der Waals surface area (Å²) in [6, 6.07) is 7.96. The topological polar surface area (TPSA) is 53.9 Å². The molecule has 0 saturated carbocycles. The third kappa shape index (κ3) is 3.25. The van der Waals surface area contributed by atoms with E-state index in [9.17, 15) is 0 Å². The van der Waals surface area contributed by atoms with Gasteiger partial charge in [0.05, 0.1) is 6.20 Å². The van der Waals surface area contributed by atoms with Gasteiger partial charge in [0.1, 0.15) is 0 Å². The van der Waals surface area contributed by atoms with Crippen molar-refractivity contribution in [2.75, 3.05) is 23.3 Å². The minimum Gasteiger partial charge on any atom is -0.339 e.